The summed E-state index contributed by atoms with van der Waals surface area (Å²) in [4.78, 5) is 2.72. The van der Waals surface area contributed by atoms with E-state index >= 15 is 0 Å². The van der Waals surface area contributed by atoms with Gasteiger partial charge in [-0.3, -0.25) is 0 Å². The first-order chi connectivity index (χ1) is 12.2. The van der Waals surface area contributed by atoms with Gasteiger partial charge in [0.1, 0.15) is 5.82 Å². The molecule has 3 heteroatoms. The molecule has 2 heterocycles. The highest BCUT2D eigenvalue weighted by atomic mass is 19.1. The number of halogens is 1. The Morgan fingerprint density at radius 2 is 2.04 bits per heavy atom. The minimum Gasteiger partial charge on any atom is -0.384 e. The topological polar surface area (TPSA) is 15.3 Å². The molecule has 138 valence electrons. The highest BCUT2D eigenvalue weighted by molar-refractivity contribution is 5.60. The Labute approximate surface area is 152 Å². The van der Waals surface area contributed by atoms with E-state index in [0.717, 1.165) is 30.0 Å². The molecule has 1 N–H and O–H groups in total. The van der Waals surface area contributed by atoms with Crippen molar-refractivity contribution in [2.75, 3.05) is 31.5 Å². The minimum absolute atomic E-state index is 0. The van der Waals surface area contributed by atoms with Crippen molar-refractivity contribution in [2.45, 2.75) is 56.8 Å². The number of rotatable bonds is 2. The van der Waals surface area contributed by atoms with Crippen molar-refractivity contribution in [3.05, 3.63) is 29.6 Å². The zero-order valence-electron chi connectivity index (χ0n) is 15.3. The number of fused-ring (bicyclic) bond motifs is 4. The Hall–Kier alpha value is -1.09. The van der Waals surface area contributed by atoms with E-state index in [4.69, 9.17) is 0 Å². The molecule has 2 aliphatic heterocycles. The highest BCUT2D eigenvalue weighted by Crippen LogP contribution is 2.46. The van der Waals surface area contributed by atoms with Gasteiger partial charge >= 0.3 is 0 Å². The standard InChI is InChI=1S/C22H31FN2.H2/c23-19-6-7-21-20(13-19)22(15-24-21)8-10-25(11-9-22)14-18-5-4-16-2-1-3-17(18)12-16;/h6-7,13,16-18,24H,1-5,8-12,14-15H2;1H. The van der Waals surface area contributed by atoms with E-state index in [-0.39, 0.29) is 12.7 Å². The van der Waals surface area contributed by atoms with Gasteiger partial charge in [-0.15, -0.1) is 0 Å². The molecule has 4 aliphatic rings. The van der Waals surface area contributed by atoms with E-state index in [9.17, 15) is 4.39 Å². The summed E-state index contributed by atoms with van der Waals surface area (Å²) in [6, 6.07) is 5.29. The summed E-state index contributed by atoms with van der Waals surface area (Å²) >= 11 is 0. The molecule has 25 heavy (non-hydrogen) atoms. The van der Waals surface area contributed by atoms with Gasteiger partial charge in [-0.25, -0.2) is 4.39 Å². The van der Waals surface area contributed by atoms with Crippen molar-refractivity contribution in [2.24, 2.45) is 17.8 Å². The molecular weight excluding hydrogens is 311 g/mol. The Bertz CT molecular complexity index is 641. The van der Waals surface area contributed by atoms with E-state index in [1.807, 2.05) is 6.07 Å². The lowest BCUT2D eigenvalue weighted by atomic mass is 9.66. The van der Waals surface area contributed by atoms with Gasteiger partial charge in [-0.1, -0.05) is 25.7 Å². The number of anilines is 1. The second kappa shape index (κ2) is 6.26. The fourth-order valence-corrected chi connectivity index (χ4v) is 6.36. The number of piperidine rings is 1. The molecule has 0 radical (unpaired) electrons. The summed E-state index contributed by atoms with van der Waals surface area (Å²) in [6.07, 6.45) is 11.3. The number of benzene rings is 1. The number of nitrogens with one attached hydrogen (secondary N) is 1. The van der Waals surface area contributed by atoms with Crippen LogP contribution in [0, 0.1) is 23.6 Å². The molecule has 1 aromatic rings. The van der Waals surface area contributed by atoms with E-state index in [1.54, 1.807) is 12.1 Å². The Morgan fingerprint density at radius 1 is 1.16 bits per heavy atom. The second-order valence-electron chi connectivity index (χ2n) is 9.25. The first-order valence-electron chi connectivity index (χ1n) is 10.5. The quantitative estimate of drug-likeness (QED) is 0.808. The van der Waals surface area contributed by atoms with Crippen LogP contribution in [-0.2, 0) is 5.41 Å². The van der Waals surface area contributed by atoms with Crippen LogP contribution < -0.4 is 5.32 Å². The number of hydrogen-bond donors (Lipinski definition) is 1. The number of nitrogens with zero attached hydrogens (tertiary/aromatic N) is 1. The highest BCUT2D eigenvalue weighted by Gasteiger charge is 2.42. The van der Waals surface area contributed by atoms with Crippen molar-refractivity contribution in [3.8, 4) is 0 Å². The maximum absolute atomic E-state index is 13.8. The van der Waals surface area contributed by atoms with Gasteiger partial charge < -0.3 is 10.2 Å². The third kappa shape index (κ3) is 2.89. The van der Waals surface area contributed by atoms with Crippen molar-refractivity contribution in [1.82, 2.24) is 4.90 Å². The van der Waals surface area contributed by atoms with Crippen LogP contribution in [0.15, 0.2) is 18.2 Å². The van der Waals surface area contributed by atoms with Crippen LogP contribution in [0.3, 0.4) is 0 Å². The van der Waals surface area contributed by atoms with Crippen molar-refractivity contribution >= 4 is 5.69 Å². The average molecular weight is 345 g/mol. The van der Waals surface area contributed by atoms with Crippen LogP contribution in [0.25, 0.3) is 0 Å². The van der Waals surface area contributed by atoms with Crippen LogP contribution in [0.2, 0.25) is 0 Å². The summed E-state index contributed by atoms with van der Waals surface area (Å²) in [5.41, 5.74) is 2.58. The molecule has 0 aromatic heterocycles. The third-order valence-corrected chi connectivity index (χ3v) is 7.91. The van der Waals surface area contributed by atoms with Gasteiger partial charge in [0.15, 0.2) is 0 Å². The van der Waals surface area contributed by atoms with E-state index in [0.29, 0.717) is 0 Å². The van der Waals surface area contributed by atoms with Gasteiger partial charge in [0.2, 0.25) is 0 Å². The normalized spacial score (nSPS) is 33.9. The molecule has 2 aliphatic carbocycles. The molecular formula is C22H33FN2. The SMILES string of the molecule is Fc1ccc2c(c1)C1(CCN(CC3CCC4CCCC3C4)CC1)CN2.[HH]. The zero-order valence-corrected chi connectivity index (χ0v) is 15.3. The summed E-state index contributed by atoms with van der Waals surface area (Å²) in [6.45, 7) is 4.68. The van der Waals surface area contributed by atoms with Crippen molar-refractivity contribution in [1.29, 1.82) is 0 Å². The Morgan fingerprint density at radius 3 is 2.92 bits per heavy atom. The summed E-state index contributed by atoms with van der Waals surface area (Å²) in [5, 5.41) is 3.53. The lowest BCUT2D eigenvalue weighted by Crippen LogP contribution is -2.46. The number of likely N-dealkylation sites (tertiary alicyclic amines) is 1. The molecule has 0 amide bonds. The summed E-state index contributed by atoms with van der Waals surface area (Å²) in [5.74, 6) is 2.91. The van der Waals surface area contributed by atoms with Crippen LogP contribution >= 0.6 is 0 Å². The fourth-order valence-electron chi connectivity index (χ4n) is 6.36. The molecule has 5 rings (SSSR count). The molecule has 3 atom stereocenters. The van der Waals surface area contributed by atoms with Crippen molar-refractivity contribution in [3.63, 3.8) is 0 Å². The van der Waals surface area contributed by atoms with E-state index in [1.165, 1.54) is 76.6 Å². The fraction of sp³-hybridized carbons (Fsp3) is 0.727. The smallest absolute Gasteiger partial charge is 0.123 e. The molecule has 1 aromatic carbocycles. The third-order valence-electron chi connectivity index (χ3n) is 7.91. The lowest BCUT2D eigenvalue weighted by molar-refractivity contribution is 0.0694. The van der Waals surface area contributed by atoms with Crippen LogP contribution in [0.1, 0.15) is 58.4 Å². The average Bonchev–Trinajstić information content (AvgIpc) is 2.98. The maximum atomic E-state index is 13.8. The van der Waals surface area contributed by atoms with Gasteiger partial charge in [0.05, 0.1) is 0 Å². The molecule has 1 spiro atoms. The molecule has 2 bridgehead atoms. The van der Waals surface area contributed by atoms with Crippen LogP contribution in [-0.4, -0.2) is 31.1 Å². The van der Waals surface area contributed by atoms with Gasteiger partial charge in [0, 0.05) is 25.6 Å². The largest absolute Gasteiger partial charge is 0.384 e. The molecule has 1 saturated heterocycles. The monoisotopic (exact) mass is 344 g/mol. The second-order valence-corrected chi connectivity index (χ2v) is 9.25. The summed E-state index contributed by atoms with van der Waals surface area (Å²) in [7, 11) is 0. The Kier molecular flexibility index (Phi) is 4.04. The van der Waals surface area contributed by atoms with Crippen molar-refractivity contribution < 1.29 is 5.82 Å². The molecule has 2 saturated carbocycles. The van der Waals surface area contributed by atoms with Crippen LogP contribution in [0.5, 0.6) is 0 Å². The van der Waals surface area contributed by atoms with Crippen LogP contribution in [0.4, 0.5) is 10.1 Å². The van der Waals surface area contributed by atoms with Gasteiger partial charge in [-0.05, 0) is 80.3 Å². The predicted octanol–water partition coefficient (Wildman–Crippen LogP) is 5.05. The minimum atomic E-state index is -0.0849. The first-order valence-corrected chi connectivity index (χ1v) is 10.5. The van der Waals surface area contributed by atoms with Gasteiger partial charge in [-0.2, -0.15) is 0 Å². The lowest BCUT2D eigenvalue weighted by Gasteiger charge is -2.45. The maximum Gasteiger partial charge on any atom is 0.123 e. The summed E-state index contributed by atoms with van der Waals surface area (Å²) < 4.78 is 13.8. The van der Waals surface area contributed by atoms with E-state index in [2.05, 4.69) is 10.2 Å². The zero-order chi connectivity index (χ0) is 16.9. The Balaban J connectivity index is 0.00000168. The molecule has 3 fully saturated rings. The van der Waals surface area contributed by atoms with E-state index < -0.39 is 0 Å². The number of hydrogen-bond acceptors (Lipinski definition) is 2. The first kappa shape index (κ1) is 16.1. The molecule has 2 nitrogen and oxygen atoms in total. The van der Waals surface area contributed by atoms with Gasteiger partial charge in [0.25, 0.3) is 0 Å². The predicted molar refractivity (Wildman–Crippen MR) is 103 cm³/mol. The molecule has 3 unspecified atom stereocenters.